The molecule has 0 saturated carbocycles. The molecule has 130 valence electrons. The second kappa shape index (κ2) is 7.85. The highest BCUT2D eigenvalue weighted by Crippen LogP contribution is 2.15. The van der Waals surface area contributed by atoms with Crippen LogP contribution in [0.15, 0.2) is 18.0 Å². The number of carbonyl (C=O) groups excluding carboxylic acids is 1. The molecule has 0 unspecified atom stereocenters. The molecule has 7 nitrogen and oxygen atoms in total. The molecule has 0 spiro atoms. The van der Waals surface area contributed by atoms with Crippen LogP contribution in [0.4, 0.5) is 0 Å². The van der Waals surface area contributed by atoms with Crippen LogP contribution in [0.1, 0.15) is 37.0 Å². The van der Waals surface area contributed by atoms with Crippen molar-refractivity contribution < 1.29 is 4.79 Å². The van der Waals surface area contributed by atoms with E-state index in [1.165, 1.54) is 11.3 Å². The van der Waals surface area contributed by atoms with Gasteiger partial charge in [0, 0.05) is 38.1 Å². The molecule has 1 saturated heterocycles. The Hall–Kier alpha value is -1.80. The minimum atomic E-state index is -0.301. The van der Waals surface area contributed by atoms with Crippen molar-refractivity contribution in [2.24, 2.45) is 0 Å². The van der Waals surface area contributed by atoms with Crippen molar-refractivity contribution in [3.8, 4) is 0 Å². The highest BCUT2D eigenvalue weighted by Gasteiger charge is 2.25. The average Bonchev–Trinajstić information content (AvgIpc) is 3.23. The van der Waals surface area contributed by atoms with Gasteiger partial charge in [-0.3, -0.25) is 9.69 Å². The average molecular weight is 348 g/mol. The van der Waals surface area contributed by atoms with Crippen LogP contribution >= 0.6 is 11.3 Å². The fourth-order valence-corrected chi connectivity index (χ4v) is 3.69. The Morgan fingerprint density at radius 3 is 2.92 bits per heavy atom. The largest absolute Gasteiger partial charge is 0.340 e. The molecule has 2 aromatic heterocycles. The predicted molar refractivity (Wildman–Crippen MR) is 92.7 cm³/mol. The first-order valence-corrected chi connectivity index (χ1v) is 9.34. The summed E-state index contributed by atoms with van der Waals surface area (Å²) in [6, 6.07) is -0.301. The van der Waals surface area contributed by atoms with Crippen LogP contribution in [-0.4, -0.2) is 61.6 Å². The maximum absolute atomic E-state index is 12.7. The van der Waals surface area contributed by atoms with Crippen molar-refractivity contribution in [2.45, 2.75) is 39.3 Å². The number of rotatable bonds is 5. The number of aryl methyl sites for hydroxylation is 1. The van der Waals surface area contributed by atoms with Crippen LogP contribution in [-0.2, 0) is 17.8 Å². The highest BCUT2D eigenvalue weighted by molar-refractivity contribution is 7.09. The van der Waals surface area contributed by atoms with Crippen LogP contribution in [0.5, 0.6) is 0 Å². The first-order valence-electron chi connectivity index (χ1n) is 8.46. The summed E-state index contributed by atoms with van der Waals surface area (Å²) >= 11 is 1.73. The third kappa shape index (κ3) is 3.99. The van der Waals surface area contributed by atoms with Gasteiger partial charge in [0.25, 0.3) is 0 Å². The van der Waals surface area contributed by atoms with Gasteiger partial charge in [-0.1, -0.05) is 6.92 Å². The van der Waals surface area contributed by atoms with Crippen molar-refractivity contribution in [1.29, 1.82) is 0 Å². The third-order valence-corrected chi connectivity index (χ3v) is 5.42. The van der Waals surface area contributed by atoms with Gasteiger partial charge < -0.3 is 4.90 Å². The quantitative estimate of drug-likeness (QED) is 0.821. The van der Waals surface area contributed by atoms with Gasteiger partial charge >= 0.3 is 0 Å². The Kier molecular flexibility index (Phi) is 5.57. The summed E-state index contributed by atoms with van der Waals surface area (Å²) < 4.78 is 1.62. The molecule has 1 aliphatic heterocycles. The minimum Gasteiger partial charge on any atom is -0.340 e. The van der Waals surface area contributed by atoms with Gasteiger partial charge in [-0.15, -0.1) is 11.3 Å². The monoisotopic (exact) mass is 348 g/mol. The number of aromatic nitrogens is 4. The molecule has 0 bridgehead atoms. The summed E-state index contributed by atoms with van der Waals surface area (Å²) in [5.74, 6) is 0.115. The van der Waals surface area contributed by atoms with Crippen LogP contribution < -0.4 is 0 Å². The molecule has 0 aromatic carbocycles. The predicted octanol–water partition coefficient (Wildman–Crippen LogP) is 1.59. The summed E-state index contributed by atoms with van der Waals surface area (Å²) in [5.41, 5.74) is 1.15. The zero-order chi connectivity index (χ0) is 16.9. The van der Waals surface area contributed by atoms with E-state index in [-0.39, 0.29) is 11.9 Å². The molecule has 24 heavy (non-hydrogen) atoms. The van der Waals surface area contributed by atoms with Gasteiger partial charge in [0.05, 0.1) is 10.7 Å². The fourth-order valence-electron chi connectivity index (χ4n) is 2.96. The van der Waals surface area contributed by atoms with Crippen LogP contribution in [0.2, 0.25) is 0 Å². The third-order valence-electron chi connectivity index (χ3n) is 4.38. The summed E-state index contributed by atoms with van der Waals surface area (Å²) in [6.07, 6.45) is 5.04. The number of amides is 1. The number of thiazole rings is 1. The number of nitrogens with zero attached hydrogens (tertiary/aromatic N) is 6. The van der Waals surface area contributed by atoms with E-state index in [0.29, 0.717) is 0 Å². The minimum absolute atomic E-state index is 0.115. The van der Waals surface area contributed by atoms with E-state index in [0.717, 1.165) is 51.3 Å². The van der Waals surface area contributed by atoms with Crippen molar-refractivity contribution in [2.75, 3.05) is 26.2 Å². The zero-order valence-corrected chi connectivity index (χ0v) is 15.1. The van der Waals surface area contributed by atoms with Gasteiger partial charge in [0.2, 0.25) is 5.91 Å². The molecule has 1 aliphatic rings. The van der Waals surface area contributed by atoms with E-state index in [9.17, 15) is 4.79 Å². The molecule has 1 amide bonds. The second-order valence-corrected chi connectivity index (χ2v) is 7.04. The summed E-state index contributed by atoms with van der Waals surface area (Å²) in [4.78, 5) is 25.6. The Labute approximate surface area is 146 Å². The van der Waals surface area contributed by atoms with Gasteiger partial charge in [-0.05, 0) is 19.8 Å². The zero-order valence-electron chi connectivity index (χ0n) is 14.3. The maximum atomic E-state index is 12.7. The summed E-state index contributed by atoms with van der Waals surface area (Å²) in [7, 11) is 0. The number of hydrogen-bond acceptors (Lipinski definition) is 6. The van der Waals surface area contributed by atoms with E-state index in [2.05, 4.69) is 32.3 Å². The smallest absolute Gasteiger partial charge is 0.247 e. The Morgan fingerprint density at radius 1 is 1.33 bits per heavy atom. The molecule has 1 fully saturated rings. The highest BCUT2D eigenvalue weighted by atomic mass is 32.1. The standard InChI is InChI=1S/C16H24N6OS/c1-3-15-19-14(10-24-15)9-20-5-4-6-21(8-7-20)16(23)13(2)22-12-17-11-18-22/h10-13H,3-9H2,1-2H3/t13-/m1/s1. The maximum Gasteiger partial charge on any atom is 0.247 e. The van der Waals surface area contributed by atoms with Crippen LogP contribution in [0.25, 0.3) is 0 Å². The van der Waals surface area contributed by atoms with Crippen LogP contribution in [0, 0.1) is 0 Å². The van der Waals surface area contributed by atoms with E-state index in [1.807, 2.05) is 11.8 Å². The van der Waals surface area contributed by atoms with Crippen molar-refractivity contribution in [1.82, 2.24) is 29.5 Å². The van der Waals surface area contributed by atoms with Gasteiger partial charge in [0.15, 0.2) is 0 Å². The summed E-state index contributed by atoms with van der Waals surface area (Å²) in [5, 5.41) is 7.42. The SMILES string of the molecule is CCc1nc(CN2CCCN(C(=O)[C@@H](C)n3cncn3)CC2)cs1. The van der Waals surface area contributed by atoms with E-state index in [4.69, 9.17) is 0 Å². The lowest BCUT2D eigenvalue weighted by Gasteiger charge is -2.24. The normalized spacial score (nSPS) is 17.7. The topological polar surface area (TPSA) is 67.2 Å². The Balaban J connectivity index is 1.55. The van der Waals surface area contributed by atoms with Crippen molar-refractivity contribution in [3.05, 3.63) is 28.7 Å². The molecule has 0 aliphatic carbocycles. The fraction of sp³-hybridized carbons (Fsp3) is 0.625. The first-order chi connectivity index (χ1) is 11.7. The van der Waals surface area contributed by atoms with Crippen molar-refractivity contribution in [3.63, 3.8) is 0 Å². The molecule has 8 heteroatoms. The second-order valence-electron chi connectivity index (χ2n) is 6.09. The number of carbonyl (C=O) groups is 1. The first kappa shape index (κ1) is 17.0. The van der Waals surface area contributed by atoms with E-state index in [1.54, 1.807) is 22.3 Å². The lowest BCUT2D eigenvalue weighted by molar-refractivity contribution is -0.134. The molecule has 3 rings (SSSR count). The molecule has 2 aromatic rings. The molecule has 3 heterocycles. The molecule has 1 atom stereocenters. The Bertz CT molecular complexity index is 655. The molecular weight excluding hydrogens is 324 g/mol. The van der Waals surface area contributed by atoms with Gasteiger partial charge in [-0.2, -0.15) is 5.10 Å². The molecular formula is C16H24N6OS. The van der Waals surface area contributed by atoms with Gasteiger partial charge in [0.1, 0.15) is 18.7 Å². The van der Waals surface area contributed by atoms with Gasteiger partial charge in [-0.25, -0.2) is 14.6 Å². The van der Waals surface area contributed by atoms with E-state index < -0.39 is 0 Å². The van der Waals surface area contributed by atoms with Crippen LogP contribution in [0.3, 0.4) is 0 Å². The molecule has 0 N–H and O–H groups in total. The lowest BCUT2D eigenvalue weighted by Crippen LogP contribution is -2.39. The van der Waals surface area contributed by atoms with E-state index >= 15 is 0 Å². The number of hydrogen-bond donors (Lipinski definition) is 0. The van der Waals surface area contributed by atoms with Crippen molar-refractivity contribution >= 4 is 17.2 Å². The molecule has 0 radical (unpaired) electrons. The Morgan fingerprint density at radius 2 is 2.21 bits per heavy atom. The summed E-state index contributed by atoms with van der Waals surface area (Å²) in [6.45, 7) is 8.32. The lowest BCUT2D eigenvalue weighted by atomic mass is 10.2.